The molecule has 2 amide bonds. The van der Waals surface area contributed by atoms with Crippen molar-refractivity contribution in [2.45, 2.75) is 6.42 Å². The standard InChI is InChI=1S/C13H14BrClN2O2/c1-16-13(19)10-5-9(15)2-3-11(10)17-7-8(6-14)4-12(17)18/h2-3,5,8H,4,6-7H2,1H3,(H,16,19). The molecule has 19 heavy (non-hydrogen) atoms. The highest BCUT2D eigenvalue weighted by Gasteiger charge is 2.31. The molecular weight excluding hydrogens is 332 g/mol. The monoisotopic (exact) mass is 344 g/mol. The summed E-state index contributed by atoms with van der Waals surface area (Å²) in [6, 6.07) is 5.00. The number of hydrogen-bond acceptors (Lipinski definition) is 2. The van der Waals surface area contributed by atoms with Crippen molar-refractivity contribution in [3.8, 4) is 0 Å². The number of hydrogen-bond donors (Lipinski definition) is 1. The topological polar surface area (TPSA) is 49.4 Å². The van der Waals surface area contributed by atoms with Crippen molar-refractivity contribution in [3.63, 3.8) is 0 Å². The van der Waals surface area contributed by atoms with Gasteiger partial charge in [0.1, 0.15) is 0 Å². The van der Waals surface area contributed by atoms with E-state index in [9.17, 15) is 9.59 Å². The average Bonchev–Trinajstić information content (AvgIpc) is 2.79. The number of carbonyl (C=O) groups excluding carboxylic acids is 2. The Morgan fingerprint density at radius 1 is 1.58 bits per heavy atom. The molecule has 2 rings (SSSR count). The third-order valence-electron chi connectivity index (χ3n) is 3.14. The van der Waals surface area contributed by atoms with Crippen LogP contribution in [0.1, 0.15) is 16.8 Å². The van der Waals surface area contributed by atoms with Crippen LogP contribution in [0.2, 0.25) is 5.02 Å². The molecule has 4 nitrogen and oxygen atoms in total. The quantitative estimate of drug-likeness (QED) is 0.856. The van der Waals surface area contributed by atoms with Gasteiger partial charge in [0.15, 0.2) is 0 Å². The van der Waals surface area contributed by atoms with E-state index in [1.165, 1.54) is 0 Å². The summed E-state index contributed by atoms with van der Waals surface area (Å²) >= 11 is 9.32. The summed E-state index contributed by atoms with van der Waals surface area (Å²) in [7, 11) is 1.56. The van der Waals surface area contributed by atoms with Gasteiger partial charge < -0.3 is 10.2 Å². The van der Waals surface area contributed by atoms with Crippen LogP contribution in [0.25, 0.3) is 0 Å². The second-order valence-electron chi connectivity index (χ2n) is 4.47. The Balaban J connectivity index is 2.39. The van der Waals surface area contributed by atoms with Crippen LogP contribution in [-0.2, 0) is 4.79 Å². The normalized spacial score (nSPS) is 18.8. The molecule has 1 saturated heterocycles. The van der Waals surface area contributed by atoms with E-state index in [-0.39, 0.29) is 17.7 Å². The molecule has 6 heteroatoms. The lowest BCUT2D eigenvalue weighted by Crippen LogP contribution is -2.28. The minimum Gasteiger partial charge on any atom is -0.355 e. The van der Waals surface area contributed by atoms with E-state index < -0.39 is 0 Å². The molecule has 0 saturated carbocycles. The van der Waals surface area contributed by atoms with Crippen LogP contribution in [0.3, 0.4) is 0 Å². The molecule has 0 aliphatic carbocycles. The summed E-state index contributed by atoms with van der Waals surface area (Å²) in [6.45, 7) is 0.621. The lowest BCUT2D eigenvalue weighted by atomic mass is 10.1. The second kappa shape index (κ2) is 5.92. The largest absolute Gasteiger partial charge is 0.355 e. The molecule has 0 aromatic heterocycles. The Morgan fingerprint density at radius 3 is 2.89 bits per heavy atom. The van der Waals surface area contributed by atoms with Gasteiger partial charge in [-0.3, -0.25) is 9.59 Å². The van der Waals surface area contributed by atoms with Crippen molar-refractivity contribution in [1.29, 1.82) is 0 Å². The number of nitrogens with one attached hydrogen (secondary N) is 1. The van der Waals surface area contributed by atoms with E-state index in [1.54, 1.807) is 30.1 Å². The van der Waals surface area contributed by atoms with Crippen molar-refractivity contribution < 1.29 is 9.59 Å². The van der Waals surface area contributed by atoms with E-state index in [0.717, 1.165) is 5.33 Å². The molecule has 102 valence electrons. The van der Waals surface area contributed by atoms with Crippen LogP contribution < -0.4 is 10.2 Å². The maximum Gasteiger partial charge on any atom is 0.253 e. The number of carbonyl (C=O) groups is 2. The molecule has 1 aliphatic heterocycles. The number of halogens is 2. The summed E-state index contributed by atoms with van der Waals surface area (Å²) in [5.74, 6) is 0.0743. The lowest BCUT2D eigenvalue weighted by molar-refractivity contribution is -0.117. The number of amides is 2. The number of rotatable bonds is 3. The van der Waals surface area contributed by atoms with Crippen molar-refractivity contribution in [2.75, 3.05) is 23.8 Å². The summed E-state index contributed by atoms with van der Waals surface area (Å²) in [5.41, 5.74) is 1.05. The molecule has 0 spiro atoms. The molecule has 1 aromatic carbocycles. The first-order valence-corrected chi connectivity index (χ1v) is 7.44. The van der Waals surface area contributed by atoms with E-state index in [2.05, 4.69) is 21.2 Å². The fourth-order valence-corrected chi connectivity index (χ4v) is 2.78. The Kier molecular flexibility index (Phi) is 4.47. The third kappa shape index (κ3) is 2.92. The Bertz CT molecular complexity index is 521. The SMILES string of the molecule is CNC(=O)c1cc(Cl)ccc1N1CC(CBr)CC1=O. The van der Waals surface area contributed by atoms with Gasteiger partial charge in [0, 0.05) is 30.4 Å². The maximum absolute atomic E-state index is 12.0. The Hall–Kier alpha value is -1.07. The van der Waals surface area contributed by atoms with Crippen LogP contribution in [0.4, 0.5) is 5.69 Å². The number of benzene rings is 1. The van der Waals surface area contributed by atoms with Crippen molar-refractivity contribution in [3.05, 3.63) is 28.8 Å². The summed E-state index contributed by atoms with van der Waals surface area (Å²) in [6.07, 6.45) is 0.501. The molecule has 1 aromatic rings. The minimum absolute atomic E-state index is 0.0388. The minimum atomic E-state index is -0.243. The van der Waals surface area contributed by atoms with Crippen LogP contribution in [0.15, 0.2) is 18.2 Å². The predicted molar refractivity (Wildman–Crippen MR) is 79.1 cm³/mol. The van der Waals surface area contributed by atoms with E-state index >= 15 is 0 Å². The zero-order valence-corrected chi connectivity index (χ0v) is 12.8. The zero-order chi connectivity index (χ0) is 14.0. The first-order valence-electron chi connectivity index (χ1n) is 5.94. The summed E-state index contributed by atoms with van der Waals surface area (Å²) in [4.78, 5) is 25.6. The highest BCUT2D eigenvalue weighted by Crippen LogP contribution is 2.30. The van der Waals surface area contributed by atoms with Gasteiger partial charge in [-0.15, -0.1) is 0 Å². The van der Waals surface area contributed by atoms with Gasteiger partial charge in [-0.2, -0.15) is 0 Å². The van der Waals surface area contributed by atoms with Gasteiger partial charge in [-0.1, -0.05) is 27.5 Å². The first-order chi connectivity index (χ1) is 9.06. The highest BCUT2D eigenvalue weighted by molar-refractivity contribution is 9.09. The fraction of sp³-hybridized carbons (Fsp3) is 0.385. The Labute approximate surface area is 125 Å². The highest BCUT2D eigenvalue weighted by atomic mass is 79.9. The van der Waals surface area contributed by atoms with Crippen molar-refractivity contribution in [2.24, 2.45) is 5.92 Å². The van der Waals surface area contributed by atoms with Gasteiger partial charge in [0.25, 0.3) is 5.91 Å². The van der Waals surface area contributed by atoms with Gasteiger partial charge >= 0.3 is 0 Å². The second-order valence-corrected chi connectivity index (χ2v) is 5.55. The van der Waals surface area contributed by atoms with Crippen LogP contribution in [-0.4, -0.2) is 30.7 Å². The molecule has 1 fully saturated rings. The van der Waals surface area contributed by atoms with Crippen molar-refractivity contribution >= 4 is 45.0 Å². The van der Waals surface area contributed by atoms with Gasteiger partial charge in [-0.25, -0.2) is 0 Å². The van der Waals surface area contributed by atoms with Gasteiger partial charge in [0.2, 0.25) is 5.91 Å². The van der Waals surface area contributed by atoms with Crippen LogP contribution in [0, 0.1) is 5.92 Å². The number of anilines is 1. The van der Waals surface area contributed by atoms with Gasteiger partial charge in [0.05, 0.1) is 11.3 Å². The third-order valence-corrected chi connectivity index (χ3v) is 4.30. The first kappa shape index (κ1) is 14.3. The Morgan fingerprint density at radius 2 is 2.32 bits per heavy atom. The van der Waals surface area contributed by atoms with Crippen molar-refractivity contribution in [1.82, 2.24) is 5.32 Å². The smallest absolute Gasteiger partial charge is 0.253 e. The van der Waals surface area contributed by atoms with E-state index in [4.69, 9.17) is 11.6 Å². The summed E-state index contributed by atoms with van der Waals surface area (Å²) < 4.78 is 0. The lowest BCUT2D eigenvalue weighted by Gasteiger charge is -2.20. The number of nitrogens with zero attached hydrogens (tertiary/aromatic N) is 1. The molecule has 1 heterocycles. The predicted octanol–water partition coefficient (Wildman–Crippen LogP) is 2.45. The number of alkyl halides is 1. The van der Waals surface area contributed by atoms with Gasteiger partial charge in [-0.05, 0) is 24.1 Å². The molecule has 1 aliphatic rings. The van der Waals surface area contributed by atoms with E-state index in [1.807, 2.05) is 0 Å². The fourth-order valence-electron chi connectivity index (χ4n) is 2.18. The molecule has 1 atom stereocenters. The van der Waals surface area contributed by atoms with E-state index in [0.29, 0.717) is 29.2 Å². The molecule has 1 unspecified atom stereocenters. The summed E-state index contributed by atoms with van der Waals surface area (Å²) in [5, 5.41) is 3.82. The zero-order valence-electron chi connectivity index (χ0n) is 10.5. The average molecular weight is 346 g/mol. The molecule has 0 radical (unpaired) electrons. The molecular formula is C13H14BrClN2O2. The molecule has 0 bridgehead atoms. The molecule has 1 N–H and O–H groups in total. The van der Waals surface area contributed by atoms with Crippen LogP contribution >= 0.6 is 27.5 Å². The maximum atomic E-state index is 12.0. The van der Waals surface area contributed by atoms with Crippen LogP contribution in [0.5, 0.6) is 0 Å².